The van der Waals surface area contributed by atoms with E-state index in [2.05, 4.69) is 16.0 Å². The molecule has 2 heterocycles. The molecule has 11 heteroatoms. The molecule has 6 nitrogen and oxygen atoms in total. The van der Waals surface area contributed by atoms with Crippen LogP contribution in [-0.4, -0.2) is 40.3 Å². The molecule has 1 aliphatic carbocycles. The predicted molar refractivity (Wildman–Crippen MR) is 109 cm³/mol. The fraction of sp³-hybridized carbons (Fsp3) is 0.550. The summed E-state index contributed by atoms with van der Waals surface area (Å²) >= 11 is 5.37. The van der Waals surface area contributed by atoms with E-state index < -0.39 is 26.8 Å². The number of halogens is 4. The number of nitrogens with zero attached hydrogens (tertiary/aromatic N) is 4. The van der Waals surface area contributed by atoms with E-state index in [-0.39, 0.29) is 29.2 Å². The summed E-state index contributed by atoms with van der Waals surface area (Å²) in [4.78, 5) is 8.64. The van der Waals surface area contributed by atoms with Crippen LogP contribution in [0.4, 0.5) is 13.2 Å². The second kappa shape index (κ2) is 8.43. The number of rotatable bonds is 8. The third-order valence-corrected chi connectivity index (χ3v) is 7.83. The minimum Gasteiger partial charge on any atom is -0.330 e. The van der Waals surface area contributed by atoms with Crippen molar-refractivity contribution in [1.82, 2.24) is 14.5 Å². The number of nitriles is 1. The molecule has 0 spiro atoms. The fourth-order valence-corrected chi connectivity index (χ4v) is 4.59. The van der Waals surface area contributed by atoms with E-state index in [1.165, 1.54) is 25.4 Å². The fourth-order valence-electron chi connectivity index (χ4n) is 3.38. The van der Waals surface area contributed by atoms with Gasteiger partial charge in [-0.1, -0.05) is 6.92 Å². The zero-order valence-corrected chi connectivity index (χ0v) is 18.6. The molecule has 0 bridgehead atoms. The van der Waals surface area contributed by atoms with Gasteiger partial charge in [0.2, 0.25) is 0 Å². The largest absolute Gasteiger partial charge is 0.404 e. The summed E-state index contributed by atoms with van der Waals surface area (Å²) in [5, 5.41) is 7.53. The predicted octanol–water partition coefficient (Wildman–Crippen LogP) is 4.32. The molecule has 168 valence electrons. The average molecular weight is 475 g/mol. The van der Waals surface area contributed by atoms with Crippen LogP contribution in [0, 0.1) is 11.3 Å². The van der Waals surface area contributed by atoms with Crippen LogP contribution >= 0.6 is 11.6 Å². The van der Waals surface area contributed by atoms with Crippen LogP contribution in [0.2, 0.25) is 0 Å². The Morgan fingerprint density at radius 2 is 2.00 bits per heavy atom. The van der Waals surface area contributed by atoms with Crippen molar-refractivity contribution in [2.75, 3.05) is 5.75 Å². The zero-order chi connectivity index (χ0) is 23.0. The Balaban J connectivity index is 1.92. The smallest absolute Gasteiger partial charge is 0.330 e. The topological polar surface area (TPSA) is 88.6 Å². The highest BCUT2D eigenvalue weighted by Crippen LogP contribution is 2.48. The molecule has 0 radical (unpaired) electrons. The number of sulfone groups is 1. The molecule has 1 unspecified atom stereocenters. The van der Waals surface area contributed by atoms with Gasteiger partial charge in [0.1, 0.15) is 11.1 Å². The quantitative estimate of drug-likeness (QED) is 0.531. The lowest BCUT2D eigenvalue weighted by atomic mass is 9.99. The molecule has 0 aliphatic heterocycles. The number of hydrogen-bond donors (Lipinski definition) is 0. The van der Waals surface area contributed by atoms with E-state index in [9.17, 15) is 26.9 Å². The van der Waals surface area contributed by atoms with Gasteiger partial charge in [-0.15, -0.1) is 11.6 Å². The third kappa shape index (κ3) is 4.72. The summed E-state index contributed by atoms with van der Waals surface area (Å²) in [5.41, 5.74) is 0.689. The lowest BCUT2D eigenvalue weighted by Crippen LogP contribution is -2.23. The second-order valence-corrected chi connectivity index (χ2v) is 10.5. The number of pyridine rings is 1. The Morgan fingerprint density at radius 1 is 1.32 bits per heavy atom. The van der Waals surface area contributed by atoms with Gasteiger partial charge in [-0.25, -0.2) is 13.4 Å². The maximum atomic E-state index is 12.8. The number of aromatic nitrogens is 3. The first-order chi connectivity index (χ1) is 14.4. The van der Waals surface area contributed by atoms with E-state index in [0.717, 1.165) is 0 Å². The van der Waals surface area contributed by atoms with Gasteiger partial charge in [0.25, 0.3) is 0 Å². The molecule has 0 amide bonds. The van der Waals surface area contributed by atoms with Crippen molar-refractivity contribution in [3.63, 3.8) is 0 Å². The number of aryl methyl sites for hydroxylation is 1. The summed E-state index contributed by atoms with van der Waals surface area (Å²) in [6.07, 6.45) is 0.140. The van der Waals surface area contributed by atoms with Crippen molar-refractivity contribution < 1.29 is 21.6 Å². The molecule has 1 fully saturated rings. The first-order valence-electron chi connectivity index (χ1n) is 9.81. The molecular weight excluding hydrogens is 453 g/mol. The first kappa shape index (κ1) is 23.5. The van der Waals surface area contributed by atoms with E-state index in [0.29, 0.717) is 36.3 Å². The SMILES string of the molecule is CCS(=O)(=O)c1cc(C2(C#N)CC2)cnc1-c1ncc(CCCC(Cl)C(F)(F)F)n1C. The Bertz CT molecular complexity index is 1120. The Hall–Kier alpha value is -2.12. The molecule has 0 saturated heterocycles. The van der Waals surface area contributed by atoms with Crippen LogP contribution < -0.4 is 0 Å². The summed E-state index contributed by atoms with van der Waals surface area (Å²) < 4.78 is 64.9. The van der Waals surface area contributed by atoms with E-state index >= 15 is 0 Å². The van der Waals surface area contributed by atoms with Gasteiger partial charge in [-0.2, -0.15) is 18.4 Å². The Morgan fingerprint density at radius 3 is 2.55 bits per heavy atom. The minimum absolute atomic E-state index is 0.00664. The van der Waals surface area contributed by atoms with Crippen LogP contribution in [0.3, 0.4) is 0 Å². The minimum atomic E-state index is -4.45. The number of imidazole rings is 1. The van der Waals surface area contributed by atoms with Crippen LogP contribution in [0.5, 0.6) is 0 Å². The summed E-state index contributed by atoms with van der Waals surface area (Å²) in [6.45, 7) is 1.52. The summed E-state index contributed by atoms with van der Waals surface area (Å²) in [5.74, 6) is 0.157. The zero-order valence-electron chi connectivity index (χ0n) is 17.1. The van der Waals surface area contributed by atoms with Crippen molar-refractivity contribution in [2.24, 2.45) is 7.05 Å². The van der Waals surface area contributed by atoms with Crippen LogP contribution in [0.15, 0.2) is 23.4 Å². The van der Waals surface area contributed by atoms with E-state index in [1.54, 1.807) is 11.6 Å². The highest BCUT2D eigenvalue weighted by Gasteiger charge is 2.46. The molecule has 1 atom stereocenters. The van der Waals surface area contributed by atoms with Crippen molar-refractivity contribution in [3.05, 3.63) is 29.7 Å². The molecule has 0 N–H and O–H groups in total. The monoisotopic (exact) mass is 474 g/mol. The lowest BCUT2D eigenvalue weighted by Gasteiger charge is -2.14. The Labute approximate surface area is 184 Å². The molecule has 3 rings (SSSR count). The van der Waals surface area contributed by atoms with Gasteiger partial charge in [-0.3, -0.25) is 4.98 Å². The van der Waals surface area contributed by atoms with E-state index in [1.807, 2.05) is 0 Å². The molecule has 1 saturated carbocycles. The lowest BCUT2D eigenvalue weighted by molar-refractivity contribution is -0.131. The maximum absolute atomic E-state index is 12.8. The molecule has 31 heavy (non-hydrogen) atoms. The number of hydrogen-bond acceptors (Lipinski definition) is 5. The summed E-state index contributed by atoms with van der Waals surface area (Å²) in [6, 6.07) is 3.74. The highest BCUT2D eigenvalue weighted by molar-refractivity contribution is 7.91. The van der Waals surface area contributed by atoms with Gasteiger partial charge in [0, 0.05) is 25.1 Å². The van der Waals surface area contributed by atoms with Gasteiger partial charge >= 0.3 is 6.18 Å². The molecule has 0 aromatic carbocycles. The normalized spacial score (nSPS) is 16.7. The van der Waals surface area contributed by atoms with Crippen LogP contribution in [0.1, 0.15) is 43.9 Å². The van der Waals surface area contributed by atoms with Crippen LogP contribution in [0.25, 0.3) is 11.5 Å². The molecular formula is C20H22ClF3N4O2S. The van der Waals surface area contributed by atoms with Crippen molar-refractivity contribution >= 4 is 21.4 Å². The van der Waals surface area contributed by atoms with Crippen LogP contribution in [-0.2, 0) is 28.7 Å². The first-order valence-corrected chi connectivity index (χ1v) is 11.9. The Kier molecular flexibility index (Phi) is 6.40. The average Bonchev–Trinajstić information content (AvgIpc) is 3.45. The van der Waals surface area contributed by atoms with Gasteiger partial charge in [0.15, 0.2) is 15.7 Å². The van der Waals surface area contributed by atoms with Crippen molar-refractivity contribution in [1.29, 1.82) is 5.26 Å². The van der Waals surface area contributed by atoms with Gasteiger partial charge < -0.3 is 4.57 Å². The third-order valence-electron chi connectivity index (χ3n) is 5.63. The molecule has 2 aromatic heterocycles. The maximum Gasteiger partial charge on any atom is 0.404 e. The van der Waals surface area contributed by atoms with E-state index in [4.69, 9.17) is 11.6 Å². The van der Waals surface area contributed by atoms with Crippen molar-refractivity contribution in [3.8, 4) is 17.6 Å². The highest BCUT2D eigenvalue weighted by atomic mass is 35.5. The number of alkyl halides is 4. The molecule has 2 aromatic rings. The summed E-state index contributed by atoms with van der Waals surface area (Å²) in [7, 11) is -2.00. The second-order valence-electron chi connectivity index (χ2n) is 7.70. The van der Waals surface area contributed by atoms with Crippen molar-refractivity contribution in [2.45, 2.75) is 60.9 Å². The molecule has 1 aliphatic rings. The van der Waals surface area contributed by atoms with Gasteiger partial charge in [0.05, 0.1) is 22.1 Å². The van der Waals surface area contributed by atoms with Gasteiger partial charge in [-0.05, 0) is 43.7 Å². The standard InChI is InChI=1S/C20H22ClF3N4O2S/c1-3-31(29,30)15-9-13(19(12-25)7-8-19)10-26-17(15)18-27-11-14(28(18)2)5-4-6-16(21)20(22,23)24/h9-11,16H,3-8H2,1-2H3.